The lowest BCUT2D eigenvalue weighted by atomic mass is 10.0. The molecule has 7 heteroatoms. The van der Waals surface area contributed by atoms with E-state index >= 15 is 0 Å². The van der Waals surface area contributed by atoms with Crippen molar-refractivity contribution in [3.8, 4) is 17.2 Å². The van der Waals surface area contributed by atoms with Crippen LogP contribution >= 0.6 is 11.8 Å². The Labute approximate surface area is 180 Å². The maximum Gasteiger partial charge on any atom is 0.238 e. The van der Waals surface area contributed by atoms with Crippen LogP contribution in [0.4, 0.5) is 5.82 Å². The summed E-state index contributed by atoms with van der Waals surface area (Å²) in [5.74, 6) is 2.03. The lowest BCUT2D eigenvalue weighted by Crippen LogP contribution is -2.22. The highest BCUT2D eigenvalue weighted by Gasteiger charge is 2.34. The zero-order valence-electron chi connectivity index (χ0n) is 17.7. The second-order valence-corrected chi connectivity index (χ2v) is 8.81. The second-order valence-electron chi connectivity index (χ2n) is 7.36. The number of hydrogen-bond donors (Lipinski definition) is 1. The molecule has 1 N–H and O–H groups in total. The summed E-state index contributed by atoms with van der Waals surface area (Å²) in [6.45, 7) is 5.96. The van der Waals surface area contributed by atoms with Crippen LogP contribution in [0.5, 0.6) is 11.5 Å². The van der Waals surface area contributed by atoms with Crippen LogP contribution in [0.1, 0.15) is 34.6 Å². The lowest BCUT2D eigenvalue weighted by molar-refractivity contribution is -0.115. The van der Waals surface area contributed by atoms with Gasteiger partial charge in [0.15, 0.2) is 11.5 Å². The molecule has 1 aromatic heterocycles. The van der Waals surface area contributed by atoms with E-state index in [1.54, 1.807) is 26.0 Å². The number of benzene rings is 2. The van der Waals surface area contributed by atoms with Crippen molar-refractivity contribution in [1.82, 2.24) is 9.78 Å². The number of aryl methyl sites for hydroxylation is 2. The van der Waals surface area contributed by atoms with Gasteiger partial charge >= 0.3 is 0 Å². The standard InChI is InChI=1S/C23H25N3O3S/c1-13-7-6-8-17(11-13)26-22-20(14(2)25-26)21(30-15(3)23(27)24-22)16-9-10-18(28-4)19(12-16)29-5/h6-12,15,21H,1-5H3,(H,24,27)/t15-,21-/m0/s1. The minimum absolute atomic E-state index is 0.0296. The zero-order chi connectivity index (χ0) is 21.4. The van der Waals surface area contributed by atoms with Gasteiger partial charge in [0.2, 0.25) is 5.91 Å². The number of anilines is 1. The van der Waals surface area contributed by atoms with Gasteiger partial charge in [0.1, 0.15) is 5.82 Å². The highest BCUT2D eigenvalue weighted by molar-refractivity contribution is 8.01. The van der Waals surface area contributed by atoms with E-state index in [0.717, 1.165) is 33.9 Å². The second kappa shape index (κ2) is 8.07. The van der Waals surface area contributed by atoms with Gasteiger partial charge in [0.25, 0.3) is 0 Å². The number of carbonyl (C=O) groups excluding carboxylic acids is 1. The number of nitrogens with one attached hydrogen (secondary N) is 1. The number of aromatic nitrogens is 2. The Hall–Kier alpha value is -2.93. The van der Waals surface area contributed by atoms with E-state index < -0.39 is 0 Å². The molecule has 1 aliphatic rings. The fourth-order valence-electron chi connectivity index (χ4n) is 3.73. The van der Waals surface area contributed by atoms with Crippen LogP contribution in [-0.2, 0) is 4.79 Å². The first-order chi connectivity index (χ1) is 14.4. The van der Waals surface area contributed by atoms with E-state index in [2.05, 4.69) is 11.4 Å². The molecule has 0 bridgehead atoms. The first-order valence-electron chi connectivity index (χ1n) is 9.77. The van der Waals surface area contributed by atoms with Crippen molar-refractivity contribution in [2.24, 2.45) is 0 Å². The van der Waals surface area contributed by atoms with Crippen LogP contribution in [0, 0.1) is 13.8 Å². The van der Waals surface area contributed by atoms with Crippen molar-refractivity contribution < 1.29 is 14.3 Å². The molecule has 1 amide bonds. The highest BCUT2D eigenvalue weighted by atomic mass is 32.2. The smallest absolute Gasteiger partial charge is 0.238 e. The summed E-state index contributed by atoms with van der Waals surface area (Å²) >= 11 is 1.61. The Morgan fingerprint density at radius 1 is 1.07 bits per heavy atom. The van der Waals surface area contributed by atoms with E-state index in [0.29, 0.717) is 11.5 Å². The molecule has 156 valence electrons. The Balaban J connectivity index is 1.90. The third-order valence-corrected chi connectivity index (χ3v) is 6.68. The molecule has 0 radical (unpaired) electrons. The molecule has 3 aromatic rings. The third kappa shape index (κ3) is 3.54. The molecular weight excluding hydrogens is 398 g/mol. The van der Waals surface area contributed by atoms with Gasteiger partial charge in [0.05, 0.1) is 36.1 Å². The Morgan fingerprint density at radius 2 is 1.83 bits per heavy atom. The van der Waals surface area contributed by atoms with Crippen molar-refractivity contribution in [2.45, 2.75) is 31.3 Å². The molecular formula is C23H25N3O3S. The van der Waals surface area contributed by atoms with Gasteiger partial charge in [-0.15, -0.1) is 11.8 Å². The summed E-state index contributed by atoms with van der Waals surface area (Å²) in [5.41, 5.74) is 4.98. The Bertz CT molecular complexity index is 1110. The first kappa shape index (κ1) is 20.3. The van der Waals surface area contributed by atoms with Crippen molar-refractivity contribution in [3.63, 3.8) is 0 Å². The topological polar surface area (TPSA) is 65.4 Å². The van der Waals surface area contributed by atoms with E-state index in [9.17, 15) is 4.79 Å². The molecule has 0 saturated heterocycles. The number of ether oxygens (including phenoxy) is 2. The van der Waals surface area contributed by atoms with Gasteiger partial charge in [0, 0.05) is 5.56 Å². The SMILES string of the molecule is COc1ccc([C@@H]2S[C@@H](C)C(=O)Nc3c2c(C)nn3-c2cccc(C)c2)cc1OC. The molecule has 2 heterocycles. The van der Waals surface area contributed by atoms with Crippen molar-refractivity contribution in [3.05, 3.63) is 64.8 Å². The molecule has 0 fully saturated rings. The number of amides is 1. The fourth-order valence-corrected chi connectivity index (χ4v) is 5.05. The molecule has 4 rings (SSSR count). The average Bonchev–Trinajstić information content (AvgIpc) is 2.99. The number of thioether (sulfide) groups is 1. The zero-order valence-corrected chi connectivity index (χ0v) is 18.5. The van der Waals surface area contributed by atoms with Gasteiger partial charge in [-0.3, -0.25) is 4.79 Å². The van der Waals surface area contributed by atoms with Crippen molar-refractivity contribution >= 4 is 23.5 Å². The summed E-state index contributed by atoms with van der Waals surface area (Å²) in [6.07, 6.45) is 0. The minimum atomic E-state index is -0.221. The summed E-state index contributed by atoms with van der Waals surface area (Å²) < 4.78 is 12.7. The van der Waals surface area contributed by atoms with Crippen LogP contribution in [0.25, 0.3) is 5.69 Å². The van der Waals surface area contributed by atoms with E-state index in [-0.39, 0.29) is 16.4 Å². The first-order valence-corrected chi connectivity index (χ1v) is 10.7. The molecule has 0 unspecified atom stereocenters. The number of rotatable bonds is 4. The molecule has 2 atom stereocenters. The minimum Gasteiger partial charge on any atom is -0.493 e. The van der Waals surface area contributed by atoms with E-state index in [4.69, 9.17) is 14.6 Å². The van der Waals surface area contributed by atoms with Gasteiger partial charge in [-0.25, -0.2) is 4.68 Å². The summed E-state index contributed by atoms with van der Waals surface area (Å²) in [6, 6.07) is 14.0. The number of nitrogens with zero attached hydrogens (tertiary/aromatic N) is 2. The molecule has 1 aliphatic heterocycles. The van der Waals surface area contributed by atoms with E-state index in [1.807, 2.05) is 61.9 Å². The largest absolute Gasteiger partial charge is 0.493 e. The Kier molecular flexibility index (Phi) is 5.47. The molecule has 6 nitrogen and oxygen atoms in total. The third-order valence-electron chi connectivity index (χ3n) is 5.28. The van der Waals surface area contributed by atoms with Gasteiger partial charge < -0.3 is 14.8 Å². The predicted octanol–water partition coefficient (Wildman–Crippen LogP) is 4.67. The molecule has 2 aromatic carbocycles. The number of carbonyl (C=O) groups is 1. The molecule has 0 aliphatic carbocycles. The quantitative estimate of drug-likeness (QED) is 0.661. The lowest BCUT2D eigenvalue weighted by Gasteiger charge is -2.19. The predicted molar refractivity (Wildman–Crippen MR) is 120 cm³/mol. The monoisotopic (exact) mass is 423 g/mol. The number of methoxy groups -OCH3 is 2. The molecule has 30 heavy (non-hydrogen) atoms. The summed E-state index contributed by atoms with van der Waals surface area (Å²) in [7, 11) is 3.25. The van der Waals surface area contributed by atoms with Gasteiger partial charge in [-0.05, 0) is 56.2 Å². The maximum absolute atomic E-state index is 12.8. The summed E-state index contributed by atoms with van der Waals surface area (Å²) in [5, 5.41) is 7.61. The van der Waals surface area contributed by atoms with Crippen LogP contribution in [0.3, 0.4) is 0 Å². The van der Waals surface area contributed by atoms with Crippen LogP contribution in [-0.4, -0.2) is 35.2 Å². The number of fused-ring (bicyclic) bond motifs is 1. The van der Waals surface area contributed by atoms with Crippen LogP contribution < -0.4 is 14.8 Å². The van der Waals surface area contributed by atoms with Crippen molar-refractivity contribution in [1.29, 1.82) is 0 Å². The van der Waals surface area contributed by atoms with Crippen LogP contribution in [0.2, 0.25) is 0 Å². The molecule has 0 spiro atoms. The van der Waals surface area contributed by atoms with Gasteiger partial charge in [-0.1, -0.05) is 18.2 Å². The van der Waals surface area contributed by atoms with Crippen LogP contribution in [0.15, 0.2) is 42.5 Å². The fraction of sp³-hybridized carbons (Fsp3) is 0.304. The summed E-state index contributed by atoms with van der Waals surface area (Å²) in [4.78, 5) is 12.8. The maximum atomic E-state index is 12.8. The highest BCUT2D eigenvalue weighted by Crippen LogP contribution is 2.47. The Morgan fingerprint density at radius 3 is 2.53 bits per heavy atom. The van der Waals surface area contributed by atoms with Crippen molar-refractivity contribution in [2.75, 3.05) is 19.5 Å². The average molecular weight is 424 g/mol. The number of hydrogen-bond acceptors (Lipinski definition) is 5. The molecule has 0 saturated carbocycles. The normalized spacial score (nSPS) is 18.4. The van der Waals surface area contributed by atoms with E-state index in [1.165, 1.54) is 0 Å². The van der Waals surface area contributed by atoms with Gasteiger partial charge in [-0.2, -0.15) is 5.10 Å².